The second kappa shape index (κ2) is 6.30. The molecule has 132 valence electrons. The normalized spacial score (nSPS) is 20.8. The number of nitrogens with zero attached hydrogens (tertiary/aromatic N) is 1. The van der Waals surface area contributed by atoms with E-state index in [1.807, 2.05) is 23.6 Å². The smallest absolute Gasteiger partial charge is 0.253 e. The molecule has 2 aromatic rings. The molecule has 1 aromatic carbocycles. The lowest BCUT2D eigenvalue weighted by atomic mass is 9.93. The van der Waals surface area contributed by atoms with Crippen molar-refractivity contribution in [3.8, 4) is 0 Å². The first-order chi connectivity index (χ1) is 11.8. The summed E-state index contributed by atoms with van der Waals surface area (Å²) in [5.41, 5.74) is 1.23. The Kier molecular flexibility index (Phi) is 4.45. The van der Waals surface area contributed by atoms with E-state index in [1.165, 1.54) is 0 Å². The highest BCUT2D eigenvalue weighted by molar-refractivity contribution is 7.10. The fraction of sp³-hybridized carbons (Fsp3) is 0.400. The number of nitrogens with one attached hydrogen (secondary N) is 1. The van der Waals surface area contributed by atoms with Crippen molar-refractivity contribution in [1.29, 1.82) is 0 Å². The van der Waals surface area contributed by atoms with Gasteiger partial charge in [0.05, 0.1) is 5.41 Å². The van der Waals surface area contributed by atoms with Crippen molar-refractivity contribution in [3.05, 3.63) is 57.8 Å². The van der Waals surface area contributed by atoms with Crippen LogP contribution in [-0.2, 0) is 16.8 Å². The van der Waals surface area contributed by atoms with Crippen molar-refractivity contribution in [1.82, 2.24) is 10.2 Å². The van der Waals surface area contributed by atoms with Gasteiger partial charge in [-0.25, -0.2) is 0 Å². The average Bonchev–Trinajstić information content (AvgIpc) is 2.94. The van der Waals surface area contributed by atoms with Gasteiger partial charge < -0.3 is 10.2 Å². The molecule has 1 aromatic heterocycles. The van der Waals surface area contributed by atoms with Crippen LogP contribution in [0.3, 0.4) is 0 Å². The molecule has 1 fully saturated rings. The van der Waals surface area contributed by atoms with Crippen LogP contribution in [0.1, 0.15) is 41.1 Å². The third-order valence-electron chi connectivity index (χ3n) is 5.13. The summed E-state index contributed by atoms with van der Waals surface area (Å²) in [5, 5.41) is 5.12. The van der Waals surface area contributed by atoms with Gasteiger partial charge in [0.15, 0.2) is 0 Å². The van der Waals surface area contributed by atoms with Gasteiger partial charge in [0.2, 0.25) is 5.91 Å². The summed E-state index contributed by atoms with van der Waals surface area (Å²) in [6.45, 7) is 4.76. The minimum Gasteiger partial charge on any atom is -0.351 e. The number of carbonyl (C=O) groups excluding carboxylic acids is 2. The van der Waals surface area contributed by atoms with Crippen LogP contribution in [0.25, 0.3) is 0 Å². The van der Waals surface area contributed by atoms with Crippen LogP contribution in [0, 0.1) is 5.41 Å². The minimum absolute atomic E-state index is 0.01000. The highest BCUT2D eigenvalue weighted by Gasteiger charge is 2.67. The summed E-state index contributed by atoms with van der Waals surface area (Å²) >= 11 is 1.65. The van der Waals surface area contributed by atoms with E-state index in [0.717, 1.165) is 16.9 Å². The van der Waals surface area contributed by atoms with Crippen LogP contribution in [0.2, 0.25) is 0 Å². The van der Waals surface area contributed by atoms with Gasteiger partial charge in [-0.05, 0) is 41.0 Å². The van der Waals surface area contributed by atoms with Gasteiger partial charge in [-0.1, -0.05) is 32.0 Å². The van der Waals surface area contributed by atoms with E-state index in [-0.39, 0.29) is 17.2 Å². The molecule has 25 heavy (non-hydrogen) atoms. The van der Waals surface area contributed by atoms with Crippen molar-refractivity contribution in [2.75, 3.05) is 14.1 Å². The maximum atomic E-state index is 12.9. The Bertz CT molecular complexity index is 779. The minimum atomic E-state index is -0.401. The molecule has 0 radical (unpaired) electrons. The van der Waals surface area contributed by atoms with E-state index >= 15 is 0 Å². The quantitative estimate of drug-likeness (QED) is 0.892. The number of benzene rings is 1. The Labute approximate surface area is 152 Å². The zero-order chi connectivity index (χ0) is 18.2. The second-order valence-corrected chi connectivity index (χ2v) is 8.47. The SMILES string of the molecule is CN(C)C(=O)c1ccc(CNC(=O)[C@@]2(c3cccs3)CC2(C)C)cc1. The maximum absolute atomic E-state index is 12.9. The highest BCUT2D eigenvalue weighted by atomic mass is 32.1. The standard InChI is InChI=1S/C20H24N2O2S/c1-19(2)13-20(19,16-6-5-11-25-16)18(24)21-12-14-7-9-15(10-8-14)17(23)22(3)4/h5-11H,12-13H2,1-4H3,(H,21,24)/t20-/m0/s1. The second-order valence-electron chi connectivity index (χ2n) is 7.52. The Morgan fingerprint density at radius 3 is 2.28 bits per heavy atom. The molecule has 5 heteroatoms. The first-order valence-electron chi connectivity index (χ1n) is 8.41. The van der Waals surface area contributed by atoms with Crippen molar-refractivity contribution in [2.24, 2.45) is 5.41 Å². The van der Waals surface area contributed by atoms with E-state index < -0.39 is 5.41 Å². The van der Waals surface area contributed by atoms with E-state index in [0.29, 0.717) is 12.1 Å². The number of amides is 2. The molecular weight excluding hydrogens is 332 g/mol. The van der Waals surface area contributed by atoms with Crippen LogP contribution in [0.5, 0.6) is 0 Å². The van der Waals surface area contributed by atoms with Gasteiger partial charge in [-0.2, -0.15) is 0 Å². The first kappa shape index (κ1) is 17.7. The molecule has 1 aliphatic rings. The number of rotatable bonds is 5. The summed E-state index contributed by atoms with van der Waals surface area (Å²) in [5.74, 6) is 0.0698. The molecule has 0 bridgehead atoms. The predicted molar refractivity (Wildman–Crippen MR) is 101 cm³/mol. The Balaban J connectivity index is 1.68. The fourth-order valence-corrected chi connectivity index (χ4v) is 4.52. The molecule has 1 aliphatic carbocycles. The van der Waals surface area contributed by atoms with Crippen LogP contribution < -0.4 is 5.32 Å². The van der Waals surface area contributed by atoms with Gasteiger partial charge in [-0.3, -0.25) is 9.59 Å². The number of hydrogen-bond acceptors (Lipinski definition) is 3. The summed E-state index contributed by atoms with van der Waals surface area (Å²) in [6.07, 6.45) is 0.878. The lowest BCUT2D eigenvalue weighted by Gasteiger charge is -2.19. The van der Waals surface area contributed by atoms with E-state index in [9.17, 15) is 9.59 Å². The predicted octanol–water partition coefficient (Wildman–Crippen LogP) is 3.43. The van der Waals surface area contributed by atoms with Gasteiger partial charge in [0.1, 0.15) is 0 Å². The summed E-state index contributed by atoms with van der Waals surface area (Å²) in [4.78, 5) is 27.5. The van der Waals surface area contributed by atoms with Crippen molar-refractivity contribution in [3.63, 3.8) is 0 Å². The van der Waals surface area contributed by atoms with Crippen LogP contribution in [0.15, 0.2) is 41.8 Å². The van der Waals surface area contributed by atoms with Crippen molar-refractivity contribution < 1.29 is 9.59 Å². The van der Waals surface area contributed by atoms with E-state index in [2.05, 4.69) is 25.2 Å². The van der Waals surface area contributed by atoms with Crippen LogP contribution >= 0.6 is 11.3 Å². The molecule has 0 spiro atoms. The molecule has 3 rings (SSSR count). The summed E-state index contributed by atoms with van der Waals surface area (Å²) in [7, 11) is 3.47. The molecular formula is C20H24N2O2S. The summed E-state index contributed by atoms with van der Waals surface area (Å²) in [6, 6.07) is 11.5. The zero-order valence-electron chi connectivity index (χ0n) is 15.1. The molecule has 4 nitrogen and oxygen atoms in total. The Morgan fingerprint density at radius 1 is 1.16 bits per heavy atom. The fourth-order valence-electron chi connectivity index (χ4n) is 3.42. The third-order valence-corrected chi connectivity index (χ3v) is 6.16. The lowest BCUT2D eigenvalue weighted by molar-refractivity contribution is -0.124. The van der Waals surface area contributed by atoms with Crippen LogP contribution in [0.4, 0.5) is 0 Å². The van der Waals surface area contributed by atoms with Gasteiger partial charge in [-0.15, -0.1) is 11.3 Å². The molecule has 0 unspecified atom stereocenters. The molecule has 1 atom stereocenters. The van der Waals surface area contributed by atoms with Gasteiger partial charge in [0.25, 0.3) is 5.91 Å². The van der Waals surface area contributed by atoms with Crippen LogP contribution in [-0.4, -0.2) is 30.8 Å². The molecule has 1 heterocycles. The number of hydrogen-bond donors (Lipinski definition) is 1. The summed E-state index contributed by atoms with van der Waals surface area (Å²) < 4.78 is 0. The van der Waals surface area contributed by atoms with Crippen molar-refractivity contribution >= 4 is 23.2 Å². The van der Waals surface area contributed by atoms with Gasteiger partial charge >= 0.3 is 0 Å². The van der Waals surface area contributed by atoms with Gasteiger partial charge in [0, 0.05) is 31.1 Å². The maximum Gasteiger partial charge on any atom is 0.253 e. The van der Waals surface area contributed by atoms with E-state index in [4.69, 9.17) is 0 Å². The van der Waals surface area contributed by atoms with E-state index in [1.54, 1.807) is 42.5 Å². The number of carbonyl (C=O) groups is 2. The third kappa shape index (κ3) is 3.09. The lowest BCUT2D eigenvalue weighted by Crippen LogP contribution is -2.36. The van der Waals surface area contributed by atoms with Crippen molar-refractivity contribution in [2.45, 2.75) is 32.2 Å². The first-order valence-corrected chi connectivity index (χ1v) is 9.29. The topological polar surface area (TPSA) is 49.4 Å². The Morgan fingerprint density at radius 2 is 1.80 bits per heavy atom. The molecule has 0 saturated heterocycles. The molecule has 1 saturated carbocycles. The molecule has 0 aliphatic heterocycles. The average molecular weight is 356 g/mol. The zero-order valence-corrected chi connectivity index (χ0v) is 15.9. The number of thiophene rings is 1. The highest BCUT2D eigenvalue weighted by Crippen LogP contribution is 2.65. The monoisotopic (exact) mass is 356 g/mol. The Hall–Kier alpha value is -2.14. The molecule has 1 N–H and O–H groups in total. The molecule has 2 amide bonds. The largest absolute Gasteiger partial charge is 0.351 e.